The summed E-state index contributed by atoms with van der Waals surface area (Å²) >= 11 is 0. The van der Waals surface area contributed by atoms with Gasteiger partial charge in [0.2, 0.25) is 0 Å². The highest BCUT2D eigenvalue weighted by molar-refractivity contribution is 5.69. The summed E-state index contributed by atoms with van der Waals surface area (Å²) in [6, 6.07) is 0. The summed E-state index contributed by atoms with van der Waals surface area (Å²) in [6.07, 6.45) is 5.29. The van der Waals surface area contributed by atoms with Gasteiger partial charge in [0.05, 0.1) is 18.6 Å². The van der Waals surface area contributed by atoms with Crippen LogP contribution in [0.15, 0.2) is 0 Å². The standard InChI is InChI=1S/C16H30O3/c1-11(12(2)15(17)18)10-19-13(3)14-7-6-8-16(4,5)9-14/h11-14H,6-10H2,1-5H3,(H,17,18). The molecule has 0 aromatic rings. The van der Waals surface area contributed by atoms with E-state index < -0.39 is 5.97 Å². The van der Waals surface area contributed by atoms with E-state index in [1.165, 1.54) is 25.7 Å². The smallest absolute Gasteiger partial charge is 0.306 e. The second kappa shape index (κ2) is 6.74. The molecule has 3 nitrogen and oxygen atoms in total. The van der Waals surface area contributed by atoms with Gasteiger partial charge in [-0.25, -0.2) is 0 Å². The number of hydrogen-bond donors (Lipinski definition) is 1. The Hall–Kier alpha value is -0.570. The molecule has 0 saturated heterocycles. The molecule has 1 aliphatic carbocycles. The molecule has 0 aromatic heterocycles. The van der Waals surface area contributed by atoms with Gasteiger partial charge in [0.25, 0.3) is 0 Å². The Morgan fingerprint density at radius 2 is 2.00 bits per heavy atom. The van der Waals surface area contributed by atoms with Gasteiger partial charge in [-0.05, 0) is 43.4 Å². The van der Waals surface area contributed by atoms with Crippen LogP contribution in [0.25, 0.3) is 0 Å². The lowest BCUT2D eigenvalue weighted by Gasteiger charge is -2.38. The maximum absolute atomic E-state index is 10.9. The summed E-state index contributed by atoms with van der Waals surface area (Å²) in [5.41, 5.74) is 0.431. The zero-order valence-corrected chi connectivity index (χ0v) is 13.1. The molecule has 0 radical (unpaired) electrons. The molecule has 0 heterocycles. The quantitative estimate of drug-likeness (QED) is 0.794. The van der Waals surface area contributed by atoms with Crippen LogP contribution in [0.1, 0.15) is 60.3 Å². The zero-order valence-electron chi connectivity index (χ0n) is 13.1. The van der Waals surface area contributed by atoms with Crippen LogP contribution in [0.4, 0.5) is 0 Å². The predicted molar refractivity (Wildman–Crippen MR) is 77.1 cm³/mol. The van der Waals surface area contributed by atoms with Crippen molar-refractivity contribution >= 4 is 5.97 Å². The van der Waals surface area contributed by atoms with Crippen LogP contribution in [0.5, 0.6) is 0 Å². The fraction of sp³-hybridized carbons (Fsp3) is 0.938. The number of hydrogen-bond acceptors (Lipinski definition) is 2. The molecule has 0 aliphatic heterocycles. The van der Waals surface area contributed by atoms with Gasteiger partial charge in [-0.15, -0.1) is 0 Å². The average Bonchev–Trinajstić information content (AvgIpc) is 2.33. The van der Waals surface area contributed by atoms with Gasteiger partial charge >= 0.3 is 5.97 Å². The summed E-state index contributed by atoms with van der Waals surface area (Å²) in [6.45, 7) is 11.1. The van der Waals surface area contributed by atoms with Gasteiger partial charge in [0.15, 0.2) is 0 Å². The first-order chi connectivity index (χ1) is 8.73. The van der Waals surface area contributed by atoms with Gasteiger partial charge in [0.1, 0.15) is 0 Å². The normalized spacial score (nSPS) is 27.5. The van der Waals surface area contributed by atoms with Crippen LogP contribution in [-0.4, -0.2) is 23.8 Å². The second-order valence-corrected chi connectivity index (χ2v) is 7.16. The number of aliphatic carboxylic acids is 1. The topological polar surface area (TPSA) is 46.5 Å². The molecule has 4 unspecified atom stereocenters. The molecule has 0 spiro atoms. The van der Waals surface area contributed by atoms with E-state index in [1.54, 1.807) is 6.92 Å². The maximum Gasteiger partial charge on any atom is 0.306 e. The van der Waals surface area contributed by atoms with Crippen molar-refractivity contribution in [1.29, 1.82) is 0 Å². The third-order valence-electron chi connectivity index (χ3n) is 4.77. The van der Waals surface area contributed by atoms with E-state index >= 15 is 0 Å². The summed E-state index contributed by atoms with van der Waals surface area (Å²) in [5, 5.41) is 8.98. The number of ether oxygens (including phenoxy) is 1. The zero-order chi connectivity index (χ0) is 14.6. The van der Waals surface area contributed by atoms with Gasteiger partial charge in [-0.1, -0.05) is 34.1 Å². The number of carboxylic acids is 1. The predicted octanol–water partition coefficient (Wildman–Crippen LogP) is 3.96. The second-order valence-electron chi connectivity index (χ2n) is 7.16. The highest BCUT2D eigenvalue weighted by atomic mass is 16.5. The van der Waals surface area contributed by atoms with Crippen molar-refractivity contribution in [3.8, 4) is 0 Å². The molecule has 1 saturated carbocycles. The molecule has 1 rings (SSSR count). The number of carbonyl (C=O) groups is 1. The van der Waals surface area contributed by atoms with Crippen LogP contribution in [0, 0.1) is 23.2 Å². The van der Waals surface area contributed by atoms with E-state index in [9.17, 15) is 4.79 Å². The molecule has 112 valence electrons. The molecule has 3 heteroatoms. The lowest BCUT2D eigenvalue weighted by Crippen LogP contribution is -2.32. The lowest BCUT2D eigenvalue weighted by molar-refractivity contribution is -0.144. The van der Waals surface area contributed by atoms with Crippen LogP contribution in [0.2, 0.25) is 0 Å². The van der Waals surface area contributed by atoms with Crippen LogP contribution in [0.3, 0.4) is 0 Å². The third kappa shape index (κ3) is 5.13. The van der Waals surface area contributed by atoms with Crippen molar-refractivity contribution in [2.75, 3.05) is 6.61 Å². The van der Waals surface area contributed by atoms with Crippen molar-refractivity contribution in [3.05, 3.63) is 0 Å². The van der Waals surface area contributed by atoms with Crippen molar-refractivity contribution in [2.45, 2.75) is 66.4 Å². The molecule has 19 heavy (non-hydrogen) atoms. The van der Waals surface area contributed by atoms with E-state index in [1.807, 2.05) is 6.92 Å². The summed E-state index contributed by atoms with van der Waals surface area (Å²) in [7, 11) is 0. The first-order valence-corrected chi connectivity index (χ1v) is 7.57. The minimum atomic E-state index is -0.734. The molecule has 0 aromatic carbocycles. The van der Waals surface area contributed by atoms with Crippen molar-refractivity contribution in [2.24, 2.45) is 23.2 Å². The Balaban J connectivity index is 2.38. The Kier molecular flexibility index (Phi) is 5.84. The fourth-order valence-corrected chi connectivity index (χ4v) is 2.98. The Morgan fingerprint density at radius 3 is 2.53 bits per heavy atom. The third-order valence-corrected chi connectivity index (χ3v) is 4.77. The van der Waals surface area contributed by atoms with E-state index in [4.69, 9.17) is 9.84 Å². The molecular weight excluding hydrogens is 240 g/mol. The van der Waals surface area contributed by atoms with Crippen LogP contribution in [-0.2, 0) is 9.53 Å². The van der Waals surface area contributed by atoms with Gasteiger partial charge < -0.3 is 9.84 Å². The molecule has 1 fully saturated rings. The van der Waals surface area contributed by atoms with Gasteiger partial charge in [0, 0.05) is 0 Å². The van der Waals surface area contributed by atoms with E-state index in [0.29, 0.717) is 17.9 Å². The Labute approximate surface area is 117 Å². The first-order valence-electron chi connectivity index (χ1n) is 7.57. The first kappa shape index (κ1) is 16.5. The highest BCUT2D eigenvalue weighted by Crippen LogP contribution is 2.40. The summed E-state index contributed by atoms with van der Waals surface area (Å²) < 4.78 is 5.94. The largest absolute Gasteiger partial charge is 0.481 e. The van der Waals surface area contributed by atoms with Crippen LogP contribution < -0.4 is 0 Å². The van der Waals surface area contributed by atoms with Crippen molar-refractivity contribution in [1.82, 2.24) is 0 Å². The monoisotopic (exact) mass is 270 g/mol. The number of carboxylic acid groups (broad SMARTS) is 1. The minimum absolute atomic E-state index is 0.0663. The van der Waals surface area contributed by atoms with Gasteiger partial charge in [-0.2, -0.15) is 0 Å². The summed E-state index contributed by atoms with van der Waals surface area (Å²) in [5.74, 6) is -0.384. The average molecular weight is 270 g/mol. The summed E-state index contributed by atoms with van der Waals surface area (Å²) in [4.78, 5) is 10.9. The maximum atomic E-state index is 10.9. The highest BCUT2D eigenvalue weighted by Gasteiger charge is 2.31. The van der Waals surface area contributed by atoms with E-state index in [0.717, 1.165) is 0 Å². The molecule has 1 aliphatic rings. The van der Waals surface area contributed by atoms with Crippen molar-refractivity contribution in [3.63, 3.8) is 0 Å². The van der Waals surface area contributed by atoms with E-state index in [2.05, 4.69) is 20.8 Å². The lowest BCUT2D eigenvalue weighted by atomic mass is 9.71. The van der Waals surface area contributed by atoms with Crippen LogP contribution >= 0.6 is 0 Å². The van der Waals surface area contributed by atoms with Gasteiger partial charge in [-0.3, -0.25) is 4.79 Å². The molecular formula is C16H30O3. The molecule has 0 bridgehead atoms. The van der Waals surface area contributed by atoms with Crippen molar-refractivity contribution < 1.29 is 14.6 Å². The Morgan fingerprint density at radius 1 is 1.37 bits per heavy atom. The Bertz CT molecular complexity index is 298. The molecule has 0 amide bonds. The SMILES string of the molecule is CC(COC(C)C1CCCC(C)(C)C1)C(C)C(=O)O. The fourth-order valence-electron chi connectivity index (χ4n) is 2.98. The molecule has 1 N–H and O–H groups in total. The molecule has 4 atom stereocenters. The van der Waals surface area contributed by atoms with E-state index in [-0.39, 0.29) is 17.9 Å². The number of rotatable bonds is 6. The minimum Gasteiger partial charge on any atom is -0.481 e.